The molecule has 0 N–H and O–H groups in total. The molecule has 0 saturated heterocycles. The molecule has 0 heterocycles. The average molecular weight is 138 g/mol. The van der Waals surface area contributed by atoms with E-state index in [9.17, 15) is 0 Å². The molecule has 0 bridgehead atoms. The largest absolute Gasteiger partial charge is 0.382 e. The van der Waals surface area contributed by atoms with Gasteiger partial charge in [-0.1, -0.05) is 24.3 Å². The molecule has 0 amide bonds. The van der Waals surface area contributed by atoms with Gasteiger partial charge in [0, 0.05) is 7.11 Å². The fourth-order valence-corrected chi connectivity index (χ4v) is 1.11. The number of methoxy groups -OCH3 is 1. The van der Waals surface area contributed by atoms with E-state index < -0.39 is 0 Å². The van der Waals surface area contributed by atoms with Crippen LogP contribution >= 0.6 is 0 Å². The number of allylic oxidation sites excluding steroid dienone is 4. The predicted molar refractivity (Wildman–Crippen MR) is 42.9 cm³/mol. The number of hydrogen-bond acceptors (Lipinski definition) is 1. The monoisotopic (exact) mass is 138 g/mol. The minimum Gasteiger partial charge on any atom is -0.382 e. The van der Waals surface area contributed by atoms with Crippen molar-refractivity contribution in [3.8, 4) is 0 Å². The molecule has 1 unspecified atom stereocenters. The van der Waals surface area contributed by atoms with Crippen LogP contribution in [0, 0.1) is 5.92 Å². The molecule has 0 radical (unpaired) electrons. The Balaban J connectivity index is 2.25. The van der Waals surface area contributed by atoms with Crippen LogP contribution in [0.2, 0.25) is 0 Å². The second kappa shape index (κ2) is 3.57. The molecule has 1 rings (SSSR count). The van der Waals surface area contributed by atoms with Gasteiger partial charge in [-0.2, -0.15) is 0 Å². The summed E-state index contributed by atoms with van der Waals surface area (Å²) in [6.45, 7) is 2.10. The Kier molecular flexibility index (Phi) is 2.69. The van der Waals surface area contributed by atoms with Crippen LogP contribution in [0.3, 0.4) is 0 Å². The Morgan fingerprint density at radius 1 is 1.40 bits per heavy atom. The maximum Gasteiger partial charge on any atom is 0.0551 e. The van der Waals surface area contributed by atoms with Crippen LogP contribution < -0.4 is 0 Å². The maximum absolute atomic E-state index is 5.14. The van der Waals surface area contributed by atoms with Gasteiger partial charge in [0.25, 0.3) is 0 Å². The van der Waals surface area contributed by atoms with Gasteiger partial charge in [-0.15, -0.1) is 0 Å². The molecular formula is C9H14O. The van der Waals surface area contributed by atoms with Crippen molar-refractivity contribution in [1.29, 1.82) is 0 Å². The number of hydrogen-bond donors (Lipinski definition) is 0. The lowest BCUT2D eigenvalue weighted by molar-refractivity contribution is 0.105. The zero-order valence-corrected chi connectivity index (χ0v) is 6.58. The fourth-order valence-electron chi connectivity index (χ4n) is 1.11. The Morgan fingerprint density at radius 3 is 2.50 bits per heavy atom. The summed E-state index contributed by atoms with van der Waals surface area (Å²) in [7, 11) is 1.76. The number of ether oxygens (including phenoxy) is 1. The van der Waals surface area contributed by atoms with Crippen molar-refractivity contribution in [3.63, 3.8) is 0 Å². The SMILES string of the molecule is COC(C)CC1C=CC=C1. The third-order valence-corrected chi connectivity index (χ3v) is 1.83. The Morgan fingerprint density at radius 2 is 2.00 bits per heavy atom. The smallest absolute Gasteiger partial charge is 0.0551 e. The summed E-state index contributed by atoms with van der Waals surface area (Å²) in [5.41, 5.74) is 0. The van der Waals surface area contributed by atoms with E-state index >= 15 is 0 Å². The minimum absolute atomic E-state index is 0.373. The van der Waals surface area contributed by atoms with Crippen molar-refractivity contribution in [2.24, 2.45) is 5.92 Å². The first-order chi connectivity index (χ1) is 4.83. The van der Waals surface area contributed by atoms with E-state index in [-0.39, 0.29) is 0 Å². The molecule has 1 nitrogen and oxygen atoms in total. The fraction of sp³-hybridized carbons (Fsp3) is 0.556. The Hall–Kier alpha value is -0.560. The van der Waals surface area contributed by atoms with E-state index in [2.05, 4.69) is 31.2 Å². The second-order valence-electron chi connectivity index (χ2n) is 2.72. The molecular weight excluding hydrogens is 124 g/mol. The topological polar surface area (TPSA) is 9.23 Å². The van der Waals surface area contributed by atoms with Crippen LogP contribution in [-0.4, -0.2) is 13.2 Å². The highest BCUT2D eigenvalue weighted by molar-refractivity contribution is 5.17. The van der Waals surface area contributed by atoms with Gasteiger partial charge >= 0.3 is 0 Å². The first kappa shape index (κ1) is 7.55. The molecule has 0 saturated carbocycles. The van der Waals surface area contributed by atoms with Crippen LogP contribution in [0.25, 0.3) is 0 Å². The Labute approximate surface area is 62.4 Å². The number of rotatable bonds is 3. The van der Waals surface area contributed by atoms with Crippen LogP contribution in [0.1, 0.15) is 13.3 Å². The van der Waals surface area contributed by atoms with Crippen LogP contribution in [0.5, 0.6) is 0 Å². The van der Waals surface area contributed by atoms with E-state index in [0.29, 0.717) is 12.0 Å². The van der Waals surface area contributed by atoms with Gasteiger partial charge in [-0.25, -0.2) is 0 Å². The first-order valence-electron chi connectivity index (χ1n) is 3.70. The second-order valence-corrected chi connectivity index (χ2v) is 2.72. The van der Waals surface area contributed by atoms with Gasteiger partial charge in [0.1, 0.15) is 0 Å². The molecule has 10 heavy (non-hydrogen) atoms. The van der Waals surface area contributed by atoms with Gasteiger partial charge in [-0.3, -0.25) is 0 Å². The molecule has 1 atom stereocenters. The standard InChI is InChI=1S/C9H14O/c1-8(10-2)7-9-5-3-4-6-9/h3-6,8-9H,7H2,1-2H3. The van der Waals surface area contributed by atoms with Crippen LogP contribution in [-0.2, 0) is 4.74 Å². The third-order valence-electron chi connectivity index (χ3n) is 1.83. The summed E-state index contributed by atoms with van der Waals surface area (Å²) < 4.78 is 5.14. The van der Waals surface area contributed by atoms with E-state index in [4.69, 9.17) is 4.74 Å². The zero-order chi connectivity index (χ0) is 7.40. The quantitative estimate of drug-likeness (QED) is 0.580. The van der Waals surface area contributed by atoms with Gasteiger partial charge in [0.05, 0.1) is 6.10 Å². The van der Waals surface area contributed by atoms with Crippen molar-refractivity contribution in [2.75, 3.05) is 7.11 Å². The van der Waals surface area contributed by atoms with Crippen molar-refractivity contribution >= 4 is 0 Å². The summed E-state index contributed by atoms with van der Waals surface area (Å²) >= 11 is 0. The van der Waals surface area contributed by atoms with Crippen molar-refractivity contribution in [2.45, 2.75) is 19.4 Å². The summed E-state index contributed by atoms with van der Waals surface area (Å²) in [5.74, 6) is 0.606. The molecule has 1 aliphatic carbocycles. The lowest BCUT2D eigenvalue weighted by Gasteiger charge is -2.11. The highest BCUT2D eigenvalue weighted by Gasteiger charge is 2.07. The van der Waals surface area contributed by atoms with Crippen molar-refractivity contribution < 1.29 is 4.74 Å². The molecule has 0 fully saturated rings. The van der Waals surface area contributed by atoms with Crippen LogP contribution in [0.4, 0.5) is 0 Å². The normalized spacial score (nSPS) is 20.2. The zero-order valence-electron chi connectivity index (χ0n) is 6.58. The van der Waals surface area contributed by atoms with Crippen LogP contribution in [0.15, 0.2) is 24.3 Å². The highest BCUT2D eigenvalue weighted by atomic mass is 16.5. The first-order valence-corrected chi connectivity index (χ1v) is 3.70. The summed E-state index contributed by atoms with van der Waals surface area (Å²) in [6.07, 6.45) is 10.1. The Bertz CT molecular complexity index is 135. The molecule has 0 aromatic carbocycles. The molecule has 0 aromatic heterocycles. The molecule has 1 aliphatic rings. The highest BCUT2D eigenvalue weighted by Crippen LogP contribution is 2.16. The molecule has 0 spiro atoms. The van der Waals surface area contributed by atoms with Gasteiger partial charge in [0.15, 0.2) is 0 Å². The summed E-state index contributed by atoms with van der Waals surface area (Å²) in [5, 5.41) is 0. The molecule has 56 valence electrons. The van der Waals surface area contributed by atoms with E-state index in [1.807, 2.05) is 0 Å². The lowest BCUT2D eigenvalue weighted by Crippen LogP contribution is -2.08. The third kappa shape index (κ3) is 1.99. The van der Waals surface area contributed by atoms with E-state index in [1.165, 1.54) is 0 Å². The van der Waals surface area contributed by atoms with E-state index in [0.717, 1.165) is 6.42 Å². The molecule has 1 heteroatoms. The average Bonchev–Trinajstić information content (AvgIpc) is 2.40. The van der Waals surface area contributed by atoms with Gasteiger partial charge in [0.2, 0.25) is 0 Å². The molecule has 0 aromatic rings. The minimum atomic E-state index is 0.373. The van der Waals surface area contributed by atoms with Crippen molar-refractivity contribution in [1.82, 2.24) is 0 Å². The lowest BCUT2D eigenvalue weighted by atomic mass is 10.0. The summed E-state index contributed by atoms with van der Waals surface area (Å²) in [4.78, 5) is 0. The molecule has 0 aliphatic heterocycles. The summed E-state index contributed by atoms with van der Waals surface area (Å²) in [6, 6.07) is 0. The van der Waals surface area contributed by atoms with Gasteiger partial charge < -0.3 is 4.74 Å². The van der Waals surface area contributed by atoms with Gasteiger partial charge in [-0.05, 0) is 19.3 Å². The van der Waals surface area contributed by atoms with Crippen molar-refractivity contribution in [3.05, 3.63) is 24.3 Å². The predicted octanol–water partition coefficient (Wildman–Crippen LogP) is 2.15. The van der Waals surface area contributed by atoms with E-state index in [1.54, 1.807) is 7.11 Å². The maximum atomic E-state index is 5.14.